The van der Waals surface area contributed by atoms with Gasteiger partial charge in [0.2, 0.25) is 10.0 Å². The molecule has 0 fully saturated rings. The number of fused-ring (bicyclic) bond motifs is 1. The zero-order valence-corrected chi connectivity index (χ0v) is 11.4. The van der Waals surface area contributed by atoms with Crippen LogP contribution in [0.4, 0.5) is 5.69 Å². The van der Waals surface area contributed by atoms with E-state index in [1.54, 1.807) is 31.2 Å². The third kappa shape index (κ3) is 3.25. The molecular weight excluding hydrogens is 268 g/mol. The molecule has 0 aliphatic rings. The van der Waals surface area contributed by atoms with Crippen LogP contribution in [-0.2, 0) is 14.8 Å². The van der Waals surface area contributed by atoms with Crippen molar-refractivity contribution < 1.29 is 17.9 Å². The number of H-pyrrole nitrogens is 1. The van der Waals surface area contributed by atoms with Gasteiger partial charge in [-0.05, 0) is 25.1 Å². The van der Waals surface area contributed by atoms with Crippen LogP contribution in [0.3, 0.4) is 0 Å². The van der Waals surface area contributed by atoms with E-state index in [2.05, 4.69) is 9.71 Å². The maximum absolute atomic E-state index is 11.6. The number of rotatable bonds is 4. The standard InChI is InChI=1S/C12H14N2O4S/c1-3-18-12(15)11-6-8-4-5-9(7-10(8)13-11)14-19(2,16)17/h4-7,13-14H,3H2,1-2H3. The van der Waals surface area contributed by atoms with E-state index in [9.17, 15) is 13.2 Å². The Labute approximate surface area is 110 Å². The lowest BCUT2D eigenvalue weighted by Gasteiger charge is -2.02. The van der Waals surface area contributed by atoms with E-state index >= 15 is 0 Å². The maximum Gasteiger partial charge on any atom is 0.354 e. The number of nitrogens with one attached hydrogen (secondary N) is 2. The molecule has 0 atom stereocenters. The van der Waals surface area contributed by atoms with Gasteiger partial charge in [-0.25, -0.2) is 13.2 Å². The van der Waals surface area contributed by atoms with Gasteiger partial charge in [0.15, 0.2) is 0 Å². The van der Waals surface area contributed by atoms with Crippen LogP contribution in [0.15, 0.2) is 24.3 Å². The van der Waals surface area contributed by atoms with Crippen LogP contribution in [0.25, 0.3) is 10.9 Å². The van der Waals surface area contributed by atoms with Crippen LogP contribution in [0, 0.1) is 0 Å². The van der Waals surface area contributed by atoms with Gasteiger partial charge in [-0.2, -0.15) is 0 Å². The van der Waals surface area contributed by atoms with Gasteiger partial charge in [0.05, 0.1) is 18.6 Å². The number of hydrogen-bond donors (Lipinski definition) is 2. The molecule has 6 nitrogen and oxygen atoms in total. The Kier molecular flexibility index (Phi) is 3.48. The molecule has 102 valence electrons. The summed E-state index contributed by atoms with van der Waals surface area (Å²) in [6, 6.07) is 6.64. The highest BCUT2D eigenvalue weighted by atomic mass is 32.2. The molecule has 0 spiro atoms. The fourth-order valence-electron chi connectivity index (χ4n) is 1.72. The number of esters is 1. The van der Waals surface area contributed by atoms with E-state index in [0.29, 0.717) is 23.5 Å². The first-order chi connectivity index (χ1) is 8.89. The Morgan fingerprint density at radius 2 is 2.11 bits per heavy atom. The highest BCUT2D eigenvalue weighted by Crippen LogP contribution is 2.21. The van der Waals surface area contributed by atoms with Crippen LogP contribution in [0.1, 0.15) is 17.4 Å². The van der Waals surface area contributed by atoms with Gasteiger partial charge in [0.1, 0.15) is 5.69 Å². The summed E-state index contributed by atoms with van der Waals surface area (Å²) in [6.45, 7) is 2.03. The first kappa shape index (κ1) is 13.4. The van der Waals surface area contributed by atoms with Crippen molar-refractivity contribution in [3.8, 4) is 0 Å². The summed E-state index contributed by atoms with van der Waals surface area (Å²) < 4.78 is 29.5. The minimum absolute atomic E-state index is 0.301. The largest absolute Gasteiger partial charge is 0.461 e. The quantitative estimate of drug-likeness (QED) is 0.836. The van der Waals surface area contributed by atoms with E-state index in [4.69, 9.17) is 4.74 Å². The van der Waals surface area contributed by atoms with Crippen molar-refractivity contribution >= 4 is 32.6 Å². The molecule has 0 saturated carbocycles. The Bertz CT molecular complexity index is 718. The molecule has 1 aromatic heterocycles. The second-order valence-corrected chi connectivity index (χ2v) is 5.83. The summed E-state index contributed by atoms with van der Waals surface area (Å²) in [7, 11) is -3.32. The fourth-order valence-corrected chi connectivity index (χ4v) is 2.28. The molecular formula is C12H14N2O4S. The minimum Gasteiger partial charge on any atom is -0.461 e. The molecule has 0 unspecified atom stereocenters. The molecule has 2 rings (SSSR count). The van der Waals surface area contributed by atoms with Gasteiger partial charge in [0, 0.05) is 10.9 Å². The molecule has 19 heavy (non-hydrogen) atoms. The first-order valence-electron chi connectivity index (χ1n) is 5.67. The van der Waals surface area contributed by atoms with Gasteiger partial charge in [-0.1, -0.05) is 6.07 Å². The number of carbonyl (C=O) groups is 1. The number of aromatic amines is 1. The van der Waals surface area contributed by atoms with Crippen LogP contribution < -0.4 is 4.72 Å². The lowest BCUT2D eigenvalue weighted by molar-refractivity contribution is 0.0520. The summed E-state index contributed by atoms with van der Waals surface area (Å²) in [5, 5.41) is 0.808. The maximum atomic E-state index is 11.6. The van der Waals surface area contributed by atoms with E-state index in [1.807, 2.05) is 0 Å². The number of anilines is 1. The summed E-state index contributed by atoms with van der Waals surface area (Å²) in [5.41, 5.74) is 1.44. The Hall–Kier alpha value is -2.02. The molecule has 0 amide bonds. The lowest BCUT2D eigenvalue weighted by atomic mass is 10.2. The van der Waals surface area contributed by atoms with Crippen LogP contribution >= 0.6 is 0 Å². The molecule has 0 saturated heterocycles. The third-order valence-electron chi connectivity index (χ3n) is 2.42. The molecule has 2 aromatic rings. The van der Waals surface area contributed by atoms with E-state index in [-0.39, 0.29) is 0 Å². The number of sulfonamides is 1. The predicted octanol–water partition coefficient (Wildman–Crippen LogP) is 1.72. The highest BCUT2D eigenvalue weighted by molar-refractivity contribution is 7.92. The number of benzene rings is 1. The average Bonchev–Trinajstić information content (AvgIpc) is 2.70. The zero-order valence-electron chi connectivity index (χ0n) is 10.6. The monoisotopic (exact) mass is 282 g/mol. The van der Waals surface area contributed by atoms with Crippen molar-refractivity contribution in [1.82, 2.24) is 4.98 Å². The van der Waals surface area contributed by atoms with Gasteiger partial charge < -0.3 is 9.72 Å². The van der Waals surface area contributed by atoms with E-state index < -0.39 is 16.0 Å². The van der Waals surface area contributed by atoms with Gasteiger partial charge in [-0.3, -0.25) is 4.72 Å². The summed E-state index contributed by atoms with van der Waals surface area (Å²) in [4.78, 5) is 14.5. The van der Waals surface area contributed by atoms with E-state index in [0.717, 1.165) is 11.6 Å². The normalized spacial score (nSPS) is 11.5. The van der Waals surface area contributed by atoms with E-state index in [1.165, 1.54) is 0 Å². The van der Waals surface area contributed by atoms with Crippen molar-refractivity contribution in [3.05, 3.63) is 30.0 Å². The van der Waals surface area contributed by atoms with Crippen LogP contribution in [0.5, 0.6) is 0 Å². The second kappa shape index (κ2) is 4.93. The van der Waals surface area contributed by atoms with Gasteiger partial charge >= 0.3 is 5.97 Å². The van der Waals surface area contributed by atoms with Gasteiger partial charge in [-0.15, -0.1) is 0 Å². The zero-order chi connectivity index (χ0) is 14.0. The predicted molar refractivity (Wildman–Crippen MR) is 72.7 cm³/mol. The summed E-state index contributed by atoms with van der Waals surface area (Å²) >= 11 is 0. The number of aromatic nitrogens is 1. The average molecular weight is 282 g/mol. The highest BCUT2D eigenvalue weighted by Gasteiger charge is 2.11. The molecule has 0 aliphatic carbocycles. The Morgan fingerprint density at radius 1 is 1.37 bits per heavy atom. The molecule has 1 aromatic carbocycles. The first-order valence-corrected chi connectivity index (χ1v) is 7.56. The number of hydrogen-bond acceptors (Lipinski definition) is 4. The van der Waals surface area contributed by atoms with Crippen molar-refractivity contribution in [2.75, 3.05) is 17.6 Å². The Balaban J connectivity index is 2.36. The smallest absolute Gasteiger partial charge is 0.354 e. The molecule has 0 aliphatic heterocycles. The third-order valence-corrected chi connectivity index (χ3v) is 3.03. The van der Waals surface area contributed by atoms with Crippen LogP contribution in [0.2, 0.25) is 0 Å². The molecule has 0 radical (unpaired) electrons. The number of carbonyl (C=O) groups excluding carboxylic acids is 1. The van der Waals surface area contributed by atoms with Crippen molar-refractivity contribution in [3.63, 3.8) is 0 Å². The molecule has 1 heterocycles. The summed E-state index contributed by atoms with van der Waals surface area (Å²) in [5.74, 6) is -0.434. The van der Waals surface area contributed by atoms with Crippen molar-refractivity contribution in [2.45, 2.75) is 6.92 Å². The fraction of sp³-hybridized carbons (Fsp3) is 0.250. The van der Waals surface area contributed by atoms with Crippen molar-refractivity contribution in [1.29, 1.82) is 0 Å². The molecule has 2 N–H and O–H groups in total. The van der Waals surface area contributed by atoms with Crippen LogP contribution in [-0.4, -0.2) is 32.2 Å². The SMILES string of the molecule is CCOC(=O)c1cc2ccc(NS(C)(=O)=O)cc2[nH]1. The minimum atomic E-state index is -3.32. The second-order valence-electron chi connectivity index (χ2n) is 4.08. The topological polar surface area (TPSA) is 88.3 Å². The van der Waals surface area contributed by atoms with Crippen molar-refractivity contribution in [2.24, 2.45) is 0 Å². The lowest BCUT2D eigenvalue weighted by Crippen LogP contribution is -2.09. The summed E-state index contributed by atoms with van der Waals surface area (Å²) in [6.07, 6.45) is 1.08. The van der Waals surface area contributed by atoms with Gasteiger partial charge in [0.25, 0.3) is 0 Å². The molecule has 7 heteroatoms. The Morgan fingerprint density at radius 3 is 2.74 bits per heavy atom. The molecule has 0 bridgehead atoms. The number of ether oxygens (including phenoxy) is 1.